The summed E-state index contributed by atoms with van der Waals surface area (Å²) in [6, 6.07) is 10.3. The van der Waals surface area contributed by atoms with Gasteiger partial charge in [-0.15, -0.1) is 0 Å². The van der Waals surface area contributed by atoms with Gasteiger partial charge in [0.2, 0.25) is 5.96 Å². The summed E-state index contributed by atoms with van der Waals surface area (Å²) in [5.74, 6) is -0.857. The molecule has 2 N–H and O–H groups in total. The number of para-hydroxylation sites is 1. The number of carbonyl (C=O) groups is 1. The Bertz CT molecular complexity index is 1180. The van der Waals surface area contributed by atoms with Crippen molar-refractivity contribution in [2.75, 3.05) is 5.32 Å². The molecular weight excluding hydrogens is 406 g/mol. The summed E-state index contributed by atoms with van der Waals surface area (Å²) in [6.45, 7) is 2.01. The van der Waals surface area contributed by atoms with Crippen LogP contribution in [-0.4, -0.2) is 16.7 Å². The molecule has 1 aliphatic heterocycles. The highest BCUT2D eigenvalue weighted by molar-refractivity contribution is 7.22. The first-order valence-electron chi connectivity index (χ1n) is 9.66. The minimum Gasteiger partial charge on any atom is -0.329 e. The lowest BCUT2D eigenvalue weighted by atomic mass is 9.81. The van der Waals surface area contributed by atoms with Crippen molar-refractivity contribution in [2.45, 2.75) is 25.8 Å². The summed E-state index contributed by atoms with van der Waals surface area (Å²) in [4.78, 5) is 21.9. The van der Waals surface area contributed by atoms with Crippen LogP contribution in [0.15, 0.2) is 58.7 Å². The molecule has 3 aromatic rings. The van der Waals surface area contributed by atoms with Crippen molar-refractivity contribution < 1.29 is 13.6 Å². The molecule has 8 heteroatoms. The molecule has 5 nitrogen and oxygen atoms in total. The molecule has 0 fully saturated rings. The normalized spacial score (nSPS) is 21.3. The van der Waals surface area contributed by atoms with Gasteiger partial charge >= 0.3 is 0 Å². The first kappa shape index (κ1) is 18.9. The lowest BCUT2D eigenvalue weighted by molar-refractivity contribution is -0.117. The SMILES string of the molecule is CC1CC(=O)C2=C(C1)NC(Nc1nc3ccccc3s1)=NC2c1cc(F)cc(F)c1. The van der Waals surface area contributed by atoms with Crippen LogP contribution in [0.3, 0.4) is 0 Å². The largest absolute Gasteiger partial charge is 0.329 e. The van der Waals surface area contributed by atoms with E-state index in [4.69, 9.17) is 0 Å². The van der Waals surface area contributed by atoms with Crippen LogP contribution in [0.25, 0.3) is 10.2 Å². The molecule has 2 aromatic carbocycles. The fourth-order valence-corrected chi connectivity index (χ4v) is 4.86. The number of benzene rings is 2. The third kappa shape index (κ3) is 3.47. The lowest BCUT2D eigenvalue weighted by Gasteiger charge is -2.32. The number of nitrogens with zero attached hydrogens (tertiary/aromatic N) is 2. The van der Waals surface area contributed by atoms with Gasteiger partial charge in [0.1, 0.15) is 17.7 Å². The molecule has 30 heavy (non-hydrogen) atoms. The van der Waals surface area contributed by atoms with Crippen molar-refractivity contribution in [3.8, 4) is 0 Å². The van der Waals surface area contributed by atoms with Crippen molar-refractivity contribution in [3.63, 3.8) is 0 Å². The zero-order chi connectivity index (χ0) is 20.8. The van der Waals surface area contributed by atoms with Crippen LogP contribution in [0.2, 0.25) is 0 Å². The van der Waals surface area contributed by atoms with Gasteiger partial charge in [0, 0.05) is 23.8 Å². The van der Waals surface area contributed by atoms with Gasteiger partial charge in [-0.25, -0.2) is 18.8 Å². The minimum absolute atomic E-state index is 0.0475. The number of fused-ring (bicyclic) bond motifs is 1. The van der Waals surface area contributed by atoms with E-state index in [0.717, 1.165) is 22.0 Å². The van der Waals surface area contributed by atoms with E-state index in [1.54, 1.807) is 0 Å². The highest BCUT2D eigenvalue weighted by Crippen LogP contribution is 2.38. The molecule has 1 aromatic heterocycles. The molecule has 0 saturated carbocycles. The standard InChI is InChI=1S/C22H18F2N4OS/c1-11-6-16-19(17(29)7-11)20(12-8-13(23)10-14(24)9-12)27-21(25-16)28-22-26-15-4-2-3-5-18(15)30-22/h2-5,8-11,20H,6-7H2,1H3,(H2,25,26,27,28). The molecule has 2 heterocycles. The second kappa shape index (κ2) is 7.28. The zero-order valence-electron chi connectivity index (χ0n) is 16.1. The van der Waals surface area contributed by atoms with Crippen LogP contribution in [0, 0.1) is 17.6 Å². The molecule has 5 rings (SSSR count). The molecule has 0 radical (unpaired) electrons. The number of guanidine groups is 1. The number of hydrogen-bond acceptors (Lipinski definition) is 6. The average molecular weight is 424 g/mol. The van der Waals surface area contributed by atoms with Crippen LogP contribution in [0.1, 0.15) is 31.4 Å². The summed E-state index contributed by atoms with van der Waals surface area (Å²) < 4.78 is 28.8. The van der Waals surface area contributed by atoms with Gasteiger partial charge < -0.3 is 10.6 Å². The van der Waals surface area contributed by atoms with Gasteiger partial charge in [0.25, 0.3) is 0 Å². The highest BCUT2D eigenvalue weighted by atomic mass is 32.1. The zero-order valence-corrected chi connectivity index (χ0v) is 16.9. The highest BCUT2D eigenvalue weighted by Gasteiger charge is 2.35. The average Bonchev–Trinajstić information content (AvgIpc) is 3.08. The van der Waals surface area contributed by atoms with Crippen molar-refractivity contribution >= 4 is 38.4 Å². The van der Waals surface area contributed by atoms with E-state index in [-0.39, 0.29) is 11.7 Å². The van der Waals surface area contributed by atoms with Crippen LogP contribution in [-0.2, 0) is 4.79 Å². The Morgan fingerprint density at radius 3 is 2.67 bits per heavy atom. The Balaban J connectivity index is 1.55. The molecule has 2 unspecified atom stereocenters. The molecule has 2 aliphatic rings. The third-order valence-corrected chi connectivity index (χ3v) is 6.18. The molecule has 152 valence electrons. The van der Waals surface area contributed by atoms with E-state index < -0.39 is 17.7 Å². The summed E-state index contributed by atoms with van der Waals surface area (Å²) in [6.07, 6.45) is 1.06. The van der Waals surface area contributed by atoms with Crippen molar-refractivity contribution in [1.82, 2.24) is 10.3 Å². The second-order valence-corrected chi connectivity index (χ2v) is 8.68. The predicted molar refractivity (Wildman–Crippen MR) is 113 cm³/mol. The Morgan fingerprint density at radius 1 is 1.13 bits per heavy atom. The molecule has 0 spiro atoms. The van der Waals surface area contributed by atoms with E-state index in [2.05, 4.69) is 20.6 Å². The maximum absolute atomic E-state index is 13.9. The topological polar surface area (TPSA) is 66.4 Å². The molecule has 0 amide bonds. The van der Waals surface area contributed by atoms with Crippen molar-refractivity contribution in [1.29, 1.82) is 0 Å². The van der Waals surface area contributed by atoms with Crippen LogP contribution < -0.4 is 10.6 Å². The van der Waals surface area contributed by atoms with E-state index in [1.165, 1.54) is 23.5 Å². The molecule has 0 saturated heterocycles. The fraction of sp³-hybridized carbons (Fsp3) is 0.227. The number of carbonyl (C=O) groups excluding carboxylic acids is 1. The lowest BCUT2D eigenvalue weighted by Crippen LogP contribution is -2.39. The number of anilines is 1. The monoisotopic (exact) mass is 424 g/mol. The summed E-state index contributed by atoms with van der Waals surface area (Å²) in [7, 11) is 0. The first-order chi connectivity index (χ1) is 14.5. The Morgan fingerprint density at radius 2 is 1.90 bits per heavy atom. The Labute approximate surface area is 175 Å². The number of hydrogen-bond donors (Lipinski definition) is 2. The molecule has 1 aliphatic carbocycles. The number of rotatable bonds is 2. The summed E-state index contributed by atoms with van der Waals surface area (Å²) >= 11 is 1.48. The Kier molecular flexibility index (Phi) is 4.58. The number of thiazole rings is 1. The van der Waals surface area contributed by atoms with Crippen molar-refractivity contribution in [3.05, 3.63) is 70.9 Å². The smallest absolute Gasteiger partial charge is 0.202 e. The van der Waals surface area contributed by atoms with Gasteiger partial charge in [0.05, 0.1) is 10.2 Å². The molecule has 2 atom stereocenters. The predicted octanol–water partition coefficient (Wildman–Crippen LogP) is 4.94. The van der Waals surface area contributed by atoms with Gasteiger partial charge in [-0.3, -0.25) is 4.79 Å². The van der Waals surface area contributed by atoms with Gasteiger partial charge in [-0.05, 0) is 42.2 Å². The van der Waals surface area contributed by atoms with Gasteiger partial charge in [-0.1, -0.05) is 30.4 Å². The summed E-state index contributed by atoms with van der Waals surface area (Å²) in [5.41, 5.74) is 2.40. The number of aromatic nitrogens is 1. The number of halogens is 2. The maximum atomic E-state index is 13.9. The van der Waals surface area contributed by atoms with E-state index >= 15 is 0 Å². The second-order valence-electron chi connectivity index (χ2n) is 7.65. The van der Waals surface area contributed by atoms with Crippen LogP contribution in [0.4, 0.5) is 13.9 Å². The maximum Gasteiger partial charge on any atom is 0.202 e. The first-order valence-corrected chi connectivity index (χ1v) is 10.5. The van der Waals surface area contributed by atoms with E-state index in [1.807, 2.05) is 31.2 Å². The number of nitrogens with one attached hydrogen (secondary N) is 2. The summed E-state index contributed by atoms with van der Waals surface area (Å²) in [5, 5.41) is 7.03. The van der Waals surface area contributed by atoms with E-state index in [0.29, 0.717) is 35.1 Å². The molecule has 0 bridgehead atoms. The molecular formula is C22H18F2N4OS. The third-order valence-electron chi connectivity index (χ3n) is 5.23. The number of Topliss-reactive ketones (excluding diaryl/α,β-unsaturated/α-hetero) is 1. The minimum atomic E-state index is -0.775. The quantitative estimate of drug-likeness (QED) is 0.612. The van der Waals surface area contributed by atoms with Gasteiger partial charge in [0.15, 0.2) is 10.9 Å². The number of aliphatic imine (C=N–C) groups is 1. The number of allylic oxidation sites excluding steroid dienone is 1. The van der Waals surface area contributed by atoms with Crippen molar-refractivity contribution in [2.24, 2.45) is 10.9 Å². The Hall–Kier alpha value is -3.13. The van der Waals surface area contributed by atoms with Crippen LogP contribution >= 0.6 is 11.3 Å². The van der Waals surface area contributed by atoms with Crippen LogP contribution in [0.5, 0.6) is 0 Å². The van der Waals surface area contributed by atoms with Gasteiger partial charge in [-0.2, -0.15) is 0 Å². The number of ketones is 1. The fourth-order valence-electron chi connectivity index (χ4n) is 3.99. The van der Waals surface area contributed by atoms with E-state index in [9.17, 15) is 13.6 Å².